The monoisotopic (exact) mass is 288 g/mol. The Kier molecular flexibility index (Phi) is 4.17. The largest absolute Gasteiger partial charge is 0.497 e. The van der Waals surface area contributed by atoms with Crippen LogP contribution in [0, 0.1) is 5.92 Å². The molecule has 1 saturated heterocycles. The SMILES string of the molecule is COc1ccc(NC(=O)CC2CNC2)c(C(F)(F)F)c1. The molecule has 2 rings (SSSR count). The Morgan fingerprint density at radius 3 is 2.65 bits per heavy atom. The van der Waals surface area contributed by atoms with Crippen molar-refractivity contribution in [2.24, 2.45) is 5.92 Å². The van der Waals surface area contributed by atoms with Crippen LogP contribution in [0.25, 0.3) is 0 Å². The molecule has 0 unspecified atom stereocenters. The summed E-state index contributed by atoms with van der Waals surface area (Å²) < 4.78 is 43.6. The average Bonchev–Trinajstić information content (AvgIpc) is 2.33. The number of anilines is 1. The Balaban J connectivity index is 2.15. The van der Waals surface area contributed by atoms with Gasteiger partial charge in [-0.05, 0) is 37.2 Å². The maximum Gasteiger partial charge on any atom is 0.418 e. The first-order valence-electron chi connectivity index (χ1n) is 6.16. The van der Waals surface area contributed by atoms with Crippen molar-refractivity contribution in [3.63, 3.8) is 0 Å². The van der Waals surface area contributed by atoms with Gasteiger partial charge in [0, 0.05) is 6.42 Å². The molecule has 0 spiro atoms. The number of alkyl halides is 3. The summed E-state index contributed by atoms with van der Waals surface area (Å²) in [7, 11) is 1.29. The van der Waals surface area contributed by atoms with Crippen molar-refractivity contribution < 1.29 is 22.7 Å². The highest BCUT2D eigenvalue weighted by atomic mass is 19.4. The molecule has 7 heteroatoms. The molecule has 110 valence electrons. The van der Waals surface area contributed by atoms with E-state index in [9.17, 15) is 18.0 Å². The number of ether oxygens (including phenoxy) is 1. The standard InChI is InChI=1S/C13H15F3N2O2/c1-20-9-2-3-11(10(5-9)13(14,15)16)18-12(19)4-8-6-17-7-8/h2-3,5,8,17H,4,6-7H2,1H3,(H,18,19). The molecule has 0 saturated carbocycles. The van der Waals surface area contributed by atoms with E-state index >= 15 is 0 Å². The lowest BCUT2D eigenvalue weighted by atomic mass is 9.99. The number of carbonyl (C=O) groups is 1. The predicted octanol–water partition coefficient (Wildman–Crippen LogP) is 2.26. The third-order valence-corrected chi connectivity index (χ3v) is 3.15. The van der Waals surface area contributed by atoms with E-state index < -0.39 is 17.6 Å². The third-order valence-electron chi connectivity index (χ3n) is 3.15. The molecule has 0 radical (unpaired) electrons. The minimum atomic E-state index is -4.55. The van der Waals surface area contributed by atoms with E-state index in [2.05, 4.69) is 10.6 Å². The van der Waals surface area contributed by atoms with Crippen LogP contribution in [0.3, 0.4) is 0 Å². The number of halogens is 3. The van der Waals surface area contributed by atoms with E-state index in [1.807, 2.05) is 0 Å². The van der Waals surface area contributed by atoms with Crippen LogP contribution < -0.4 is 15.4 Å². The van der Waals surface area contributed by atoms with Gasteiger partial charge in [0.1, 0.15) is 5.75 Å². The van der Waals surface area contributed by atoms with E-state index in [-0.39, 0.29) is 23.8 Å². The Morgan fingerprint density at radius 1 is 1.45 bits per heavy atom. The molecule has 1 aliphatic rings. The van der Waals surface area contributed by atoms with Crippen molar-refractivity contribution >= 4 is 11.6 Å². The lowest BCUT2D eigenvalue weighted by Gasteiger charge is -2.26. The van der Waals surface area contributed by atoms with Gasteiger partial charge in [-0.25, -0.2) is 0 Å². The summed E-state index contributed by atoms with van der Waals surface area (Å²) >= 11 is 0. The van der Waals surface area contributed by atoms with E-state index in [0.717, 1.165) is 19.2 Å². The van der Waals surface area contributed by atoms with E-state index in [1.54, 1.807) is 0 Å². The second-order valence-corrected chi connectivity index (χ2v) is 4.69. The van der Waals surface area contributed by atoms with Gasteiger partial charge < -0.3 is 15.4 Å². The maximum absolute atomic E-state index is 12.9. The molecule has 0 aliphatic carbocycles. The minimum Gasteiger partial charge on any atom is -0.497 e. The predicted molar refractivity (Wildman–Crippen MR) is 67.6 cm³/mol. The molecule has 0 aromatic heterocycles. The quantitative estimate of drug-likeness (QED) is 0.893. The second kappa shape index (κ2) is 5.70. The lowest BCUT2D eigenvalue weighted by molar-refractivity contribution is -0.137. The highest BCUT2D eigenvalue weighted by molar-refractivity contribution is 5.92. The van der Waals surface area contributed by atoms with E-state index in [1.165, 1.54) is 19.2 Å². The van der Waals surface area contributed by atoms with Crippen molar-refractivity contribution in [3.8, 4) is 5.75 Å². The normalized spacial score (nSPS) is 15.6. The van der Waals surface area contributed by atoms with Crippen LogP contribution in [-0.4, -0.2) is 26.1 Å². The van der Waals surface area contributed by atoms with Crippen LogP contribution in [0.2, 0.25) is 0 Å². The molecule has 1 aromatic carbocycles. The molecular formula is C13H15F3N2O2. The van der Waals surface area contributed by atoms with Gasteiger partial charge in [-0.3, -0.25) is 4.79 Å². The smallest absolute Gasteiger partial charge is 0.418 e. The fraction of sp³-hybridized carbons (Fsp3) is 0.462. The molecule has 1 fully saturated rings. The number of benzene rings is 1. The second-order valence-electron chi connectivity index (χ2n) is 4.69. The molecule has 1 amide bonds. The maximum atomic E-state index is 12.9. The van der Waals surface area contributed by atoms with Gasteiger partial charge in [-0.15, -0.1) is 0 Å². The summed E-state index contributed by atoms with van der Waals surface area (Å²) in [5.41, 5.74) is -1.15. The zero-order chi connectivity index (χ0) is 14.8. The van der Waals surface area contributed by atoms with Crippen LogP contribution in [0.1, 0.15) is 12.0 Å². The molecular weight excluding hydrogens is 273 g/mol. The first kappa shape index (κ1) is 14.6. The van der Waals surface area contributed by atoms with Crippen LogP contribution in [-0.2, 0) is 11.0 Å². The van der Waals surface area contributed by atoms with Crippen molar-refractivity contribution in [3.05, 3.63) is 23.8 Å². The molecule has 0 atom stereocenters. The fourth-order valence-electron chi connectivity index (χ4n) is 1.95. The fourth-order valence-corrected chi connectivity index (χ4v) is 1.95. The average molecular weight is 288 g/mol. The Hall–Kier alpha value is -1.76. The van der Waals surface area contributed by atoms with Gasteiger partial charge in [-0.2, -0.15) is 13.2 Å². The highest BCUT2D eigenvalue weighted by Crippen LogP contribution is 2.37. The molecule has 4 nitrogen and oxygen atoms in total. The molecule has 20 heavy (non-hydrogen) atoms. The summed E-state index contributed by atoms with van der Waals surface area (Å²) in [5, 5.41) is 5.33. The van der Waals surface area contributed by atoms with Crippen molar-refractivity contribution in [2.45, 2.75) is 12.6 Å². The zero-order valence-corrected chi connectivity index (χ0v) is 10.9. The first-order chi connectivity index (χ1) is 9.40. The topological polar surface area (TPSA) is 50.4 Å². The summed E-state index contributed by atoms with van der Waals surface area (Å²) in [4.78, 5) is 11.7. The minimum absolute atomic E-state index is 0.0958. The number of methoxy groups -OCH3 is 1. The third kappa shape index (κ3) is 3.41. The van der Waals surface area contributed by atoms with Gasteiger partial charge in [0.2, 0.25) is 5.91 Å². The number of hydrogen-bond acceptors (Lipinski definition) is 3. The van der Waals surface area contributed by atoms with Crippen molar-refractivity contribution in [1.29, 1.82) is 0 Å². The van der Waals surface area contributed by atoms with E-state index in [4.69, 9.17) is 4.74 Å². The molecule has 0 bridgehead atoms. The van der Waals surface area contributed by atoms with Crippen molar-refractivity contribution in [2.75, 3.05) is 25.5 Å². The van der Waals surface area contributed by atoms with Gasteiger partial charge in [0.15, 0.2) is 0 Å². The van der Waals surface area contributed by atoms with Gasteiger partial charge in [-0.1, -0.05) is 0 Å². The highest BCUT2D eigenvalue weighted by Gasteiger charge is 2.34. The first-order valence-corrected chi connectivity index (χ1v) is 6.16. The van der Waals surface area contributed by atoms with Crippen LogP contribution in [0.4, 0.5) is 18.9 Å². The molecule has 1 aromatic rings. The summed E-state index contributed by atoms with van der Waals surface area (Å²) in [6, 6.07) is 3.47. The number of nitrogens with one attached hydrogen (secondary N) is 2. The van der Waals surface area contributed by atoms with Gasteiger partial charge in [0.25, 0.3) is 0 Å². The van der Waals surface area contributed by atoms with Crippen LogP contribution in [0.5, 0.6) is 5.75 Å². The summed E-state index contributed by atoms with van der Waals surface area (Å²) in [6.45, 7) is 1.45. The number of carbonyl (C=O) groups excluding carboxylic acids is 1. The van der Waals surface area contributed by atoms with Crippen LogP contribution >= 0.6 is 0 Å². The number of rotatable bonds is 4. The summed E-state index contributed by atoms with van der Waals surface area (Å²) in [6.07, 6.45) is -4.33. The number of amides is 1. The summed E-state index contributed by atoms with van der Waals surface area (Å²) in [5.74, 6) is -0.117. The number of hydrogen-bond donors (Lipinski definition) is 2. The van der Waals surface area contributed by atoms with Crippen LogP contribution in [0.15, 0.2) is 18.2 Å². The lowest BCUT2D eigenvalue weighted by Crippen LogP contribution is -2.43. The Bertz CT molecular complexity index is 499. The Labute approximate surface area is 114 Å². The zero-order valence-electron chi connectivity index (χ0n) is 10.9. The molecule has 1 heterocycles. The Morgan fingerprint density at radius 2 is 2.15 bits per heavy atom. The van der Waals surface area contributed by atoms with Gasteiger partial charge in [0.05, 0.1) is 18.4 Å². The van der Waals surface area contributed by atoms with Gasteiger partial charge >= 0.3 is 6.18 Å². The molecule has 2 N–H and O–H groups in total. The molecule has 1 aliphatic heterocycles. The van der Waals surface area contributed by atoms with Crippen molar-refractivity contribution in [1.82, 2.24) is 5.32 Å². The van der Waals surface area contributed by atoms with E-state index in [0.29, 0.717) is 0 Å².